The van der Waals surface area contributed by atoms with Crippen molar-refractivity contribution in [2.75, 3.05) is 7.11 Å². The Labute approximate surface area is 236 Å². The Morgan fingerprint density at radius 3 is 2.27 bits per heavy atom. The number of hydrogen-bond acceptors (Lipinski definition) is 6. The summed E-state index contributed by atoms with van der Waals surface area (Å²) in [6.07, 6.45) is 1.82. The molecule has 8 heteroatoms. The smallest absolute Gasteiger partial charge is 0.335 e. The Balaban J connectivity index is 1.40. The fraction of sp³-hybridized carbons (Fsp3) is 0.0938. The minimum atomic E-state index is -0.973. The van der Waals surface area contributed by atoms with Crippen molar-refractivity contribution in [1.82, 2.24) is 4.90 Å². The van der Waals surface area contributed by atoms with E-state index in [0.717, 1.165) is 28.1 Å². The summed E-state index contributed by atoms with van der Waals surface area (Å²) in [6.45, 7) is 0.620. The minimum Gasteiger partial charge on any atom is -0.497 e. The predicted octanol–water partition coefficient (Wildman–Crippen LogP) is 6.78. The Morgan fingerprint density at radius 2 is 1.57 bits per heavy atom. The molecule has 1 aliphatic rings. The number of amides is 1. The van der Waals surface area contributed by atoms with Gasteiger partial charge in [0.05, 0.1) is 29.8 Å². The van der Waals surface area contributed by atoms with Gasteiger partial charge in [-0.3, -0.25) is 9.69 Å². The van der Waals surface area contributed by atoms with Crippen molar-refractivity contribution in [3.05, 3.63) is 130 Å². The molecular weight excluding hydrogens is 524 g/mol. The summed E-state index contributed by atoms with van der Waals surface area (Å²) in [5.74, 6) is 0.244. The molecule has 1 N–H and O–H groups in total. The second kappa shape index (κ2) is 12.4. The van der Waals surface area contributed by atoms with Gasteiger partial charge in [-0.25, -0.2) is 9.79 Å². The molecule has 0 saturated carbocycles. The number of hydrogen-bond donors (Lipinski definition) is 1. The Kier molecular flexibility index (Phi) is 8.27. The maximum atomic E-state index is 13.7. The van der Waals surface area contributed by atoms with Crippen molar-refractivity contribution >= 4 is 40.6 Å². The van der Waals surface area contributed by atoms with E-state index in [-0.39, 0.29) is 18.1 Å². The number of aliphatic imine (C=N–C) groups is 1. The van der Waals surface area contributed by atoms with Crippen LogP contribution < -0.4 is 9.47 Å². The summed E-state index contributed by atoms with van der Waals surface area (Å²) in [7, 11) is 1.62. The number of ether oxygens (including phenoxy) is 2. The molecule has 0 radical (unpaired) electrons. The summed E-state index contributed by atoms with van der Waals surface area (Å²) in [5, 5.41) is 9.71. The van der Waals surface area contributed by atoms with Gasteiger partial charge >= 0.3 is 5.97 Å². The first-order chi connectivity index (χ1) is 19.5. The van der Waals surface area contributed by atoms with Crippen molar-refractivity contribution in [3.8, 4) is 11.5 Å². The van der Waals surface area contributed by atoms with Crippen LogP contribution in [-0.4, -0.2) is 34.2 Å². The second-order valence-electron chi connectivity index (χ2n) is 8.91. The molecule has 7 nitrogen and oxygen atoms in total. The van der Waals surface area contributed by atoms with Crippen LogP contribution in [0.2, 0.25) is 0 Å². The van der Waals surface area contributed by atoms with Gasteiger partial charge in [0.2, 0.25) is 0 Å². The van der Waals surface area contributed by atoms with Crippen molar-refractivity contribution in [3.63, 3.8) is 0 Å². The molecule has 0 aliphatic carbocycles. The van der Waals surface area contributed by atoms with Crippen LogP contribution in [0, 0.1) is 0 Å². The lowest BCUT2D eigenvalue weighted by Crippen LogP contribution is -2.28. The first-order valence-electron chi connectivity index (χ1n) is 12.5. The zero-order valence-corrected chi connectivity index (χ0v) is 22.5. The number of amidine groups is 1. The minimum absolute atomic E-state index is 0.144. The van der Waals surface area contributed by atoms with Gasteiger partial charge in [0.1, 0.15) is 18.1 Å². The van der Waals surface area contributed by atoms with E-state index in [9.17, 15) is 9.59 Å². The topological polar surface area (TPSA) is 88.4 Å². The van der Waals surface area contributed by atoms with Gasteiger partial charge in [-0.15, -0.1) is 0 Å². The number of aromatic carboxylic acids is 1. The van der Waals surface area contributed by atoms with Crippen LogP contribution in [0.25, 0.3) is 6.08 Å². The molecule has 1 fully saturated rings. The number of para-hydroxylation sites is 2. The Hall–Kier alpha value is -4.82. The number of rotatable bonds is 9. The Morgan fingerprint density at radius 1 is 0.900 bits per heavy atom. The van der Waals surface area contributed by atoms with Gasteiger partial charge in [0, 0.05) is 5.56 Å². The van der Waals surface area contributed by atoms with Crippen LogP contribution in [0.3, 0.4) is 0 Å². The largest absolute Gasteiger partial charge is 0.497 e. The highest BCUT2D eigenvalue weighted by Crippen LogP contribution is 2.36. The highest BCUT2D eigenvalue weighted by Gasteiger charge is 2.33. The molecule has 1 amide bonds. The maximum Gasteiger partial charge on any atom is 0.335 e. The Bertz CT molecular complexity index is 1570. The number of nitrogens with zero attached hydrogens (tertiary/aromatic N) is 2. The monoisotopic (exact) mass is 550 g/mol. The van der Waals surface area contributed by atoms with Gasteiger partial charge in [0.15, 0.2) is 5.17 Å². The summed E-state index contributed by atoms with van der Waals surface area (Å²) in [6, 6.07) is 31.2. The molecule has 0 spiro atoms. The van der Waals surface area contributed by atoms with E-state index in [0.29, 0.717) is 22.4 Å². The number of methoxy groups -OCH3 is 1. The van der Waals surface area contributed by atoms with Gasteiger partial charge in [-0.1, -0.05) is 60.7 Å². The number of benzene rings is 4. The summed E-state index contributed by atoms with van der Waals surface area (Å²) < 4.78 is 11.3. The molecule has 1 aliphatic heterocycles. The third kappa shape index (κ3) is 6.42. The first-order valence-corrected chi connectivity index (χ1v) is 13.3. The van der Waals surface area contributed by atoms with E-state index in [1.54, 1.807) is 36.3 Å². The maximum absolute atomic E-state index is 13.7. The van der Waals surface area contributed by atoms with Crippen molar-refractivity contribution in [2.24, 2.45) is 4.99 Å². The molecule has 0 aromatic heterocycles. The molecule has 1 heterocycles. The van der Waals surface area contributed by atoms with Crippen molar-refractivity contribution in [1.29, 1.82) is 0 Å². The molecule has 0 bridgehead atoms. The standard InChI is InChI=1S/C32H26N2O5S/c1-38-27-17-13-22(14-18-27)20-34-30(35)29(40-32(34)33-26-8-3-2-4-9-26)19-25-7-5-6-10-28(25)39-21-23-11-15-24(16-12-23)31(36)37/h2-19H,20-21H2,1H3,(H,36,37)/b29-19-,33-32?. The molecule has 0 unspecified atom stereocenters. The quantitative estimate of drug-likeness (QED) is 0.231. The number of carbonyl (C=O) groups excluding carboxylic acids is 1. The number of carbonyl (C=O) groups is 2. The van der Waals surface area contributed by atoms with Crippen LogP contribution in [0.1, 0.15) is 27.0 Å². The van der Waals surface area contributed by atoms with Crippen molar-refractivity contribution < 1.29 is 24.2 Å². The van der Waals surface area contributed by atoms with Gasteiger partial charge in [0.25, 0.3) is 5.91 Å². The van der Waals surface area contributed by atoms with Crippen LogP contribution >= 0.6 is 11.8 Å². The number of thioether (sulfide) groups is 1. The SMILES string of the molecule is COc1ccc(CN2C(=O)/C(=C/c3ccccc3OCc3ccc(C(=O)O)cc3)SC2=Nc2ccccc2)cc1. The second-order valence-corrected chi connectivity index (χ2v) is 9.92. The predicted molar refractivity (Wildman–Crippen MR) is 157 cm³/mol. The summed E-state index contributed by atoms with van der Waals surface area (Å²) in [4.78, 5) is 31.8. The molecule has 4 aromatic carbocycles. The zero-order valence-electron chi connectivity index (χ0n) is 21.7. The molecule has 0 atom stereocenters. The molecule has 1 saturated heterocycles. The zero-order chi connectivity index (χ0) is 27.9. The van der Waals surface area contributed by atoms with E-state index < -0.39 is 5.97 Å². The molecule has 5 rings (SSSR count). The van der Waals surface area contributed by atoms with E-state index in [1.807, 2.05) is 84.9 Å². The third-order valence-electron chi connectivity index (χ3n) is 6.17. The number of carboxylic acids is 1. The van der Waals surface area contributed by atoms with Gasteiger partial charge in [-0.05, 0) is 71.4 Å². The lowest BCUT2D eigenvalue weighted by molar-refractivity contribution is -0.122. The summed E-state index contributed by atoms with van der Waals surface area (Å²) >= 11 is 1.32. The van der Waals surface area contributed by atoms with E-state index >= 15 is 0 Å². The lowest BCUT2D eigenvalue weighted by atomic mass is 10.1. The first kappa shape index (κ1) is 26.8. The van der Waals surface area contributed by atoms with Gasteiger partial charge < -0.3 is 14.6 Å². The lowest BCUT2D eigenvalue weighted by Gasteiger charge is -2.16. The van der Waals surface area contributed by atoms with E-state index in [2.05, 4.69) is 0 Å². The van der Waals surface area contributed by atoms with Crippen molar-refractivity contribution in [2.45, 2.75) is 13.2 Å². The summed E-state index contributed by atoms with van der Waals surface area (Å²) in [5.41, 5.74) is 3.52. The number of carboxylic acid groups (broad SMARTS) is 1. The molecule has 4 aromatic rings. The van der Waals surface area contributed by atoms with Gasteiger partial charge in [-0.2, -0.15) is 0 Å². The third-order valence-corrected chi connectivity index (χ3v) is 7.18. The molecular formula is C32H26N2O5S. The average molecular weight is 551 g/mol. The van der Waals surface area contributed by atoms with E-state index in [4.69, 9.17) is 19.6 Å². The molecule has 40 heavy (non-hydrogen) atoms. The fourth-order valence-corrected chi connectivity index (χ4v) is 5.02. The van der Waals surface area contributed by atoms with Crippen LogP contribution in [-0.2, 0) is 17.9 Å². The van der Waals surface area contributed by atoms with Crippen LogP contribution in [0.5, 0.6) is 11.5 Å². The highest BCUT2D eigenvalue weighted by molar-refractivity contribution is 8.18. The average Bonchev–Trinajstić information content (AvgIpc) is 3.26. The van der Waals surface area contributed by atoms with E-state index in [1.165, 1.54) is 11.8 Å². The fourth-order valence-electron chi connectivity index (χ4n) is 4.03. The van der Waals surface area contributed by atoms with Crippen LogP contribution in [0.4, 0.5) is 5.69 Å². The normalized spacial score (nSPS) is 15.0. The molecule has 200 valence electrons. The highest BCUT2D eigenvalue weighted by atomic mass is 32.2. The van der Waals surface area contributed by atoms with Crippen LogP contribution in [0.15, 0.2) is 113 Å².